The predicted octanol–water partition coefficient (Wildman–Crippen LogP) is 2.24. The number of anilines is 1. The maximum absolute atomic E-state index is 4.22. The van der Waals surface area contributed by atoms with Crippen LogP contribution in [0, 0.1) is 5.92 Å². The predicted molar refractivity (Wildman–Crippen MR) is 70.5 cm³/mol. The van der Waals surface area contributed by atoms with Crippen molar-refractivity contribution in [2.24, 2.45) is 5.92 Å². The average Bonchev–Trinajstić information content (AvgIpc) is 2.19. The van der Waals surface area contributed by atoms with Gasteiger partial charge in [0, 0.05) is 25.0 Å². The van der Waals surface area contributed by atoms with Gasteiger partial charge in [0.05, 0.1) is 4.47 Å². The first-order valence-electron chi connectivity index (χ1n) is 5.38. The molecule has 1 atom stereocenters. The van der Waals surface area contributed by atoms with Crippen LogP contribution in [0.1, 0.15) is 13.8 Å². The summed E-state index contributed by atoms with van der Waals surface area (Å²) in [6, 6.07) is 0.358. The molecule has 5 heteroatoms. The van der Waals surface area contributed by atoms with E-state index < -0.39 is 0 Å². The Labute approximate surface area is 106 Å². The largest absolute Gasteiger partial charge is 0.350 e. The molecular formula is C11H19BrN4. The second-order valence-electron chi connectivity index (χ2n) is 4.48. The zero-order chi connectivity index (χ0) is 12.1. The van der Waals surface area contributed by atoms with Gasteiger partial charge < -0.3 is 10.2 Å². The summed E-state index contributed by atoms with van der Waals surface area (Å²) in [7, 11) is 4.14. The molecule has 1 aromatic heterocycles. The van der Waals surface area contributed by atoms with Crippen molar-refractivity contribution in [3.63, 3.8) is 0 Å². The van der Waals surface area contributed by atoms with Crippen LogP contribution in [-0.4, -0.2) is 41.5 Å². The van der Waals surface area contributed by atoms with Gasteiger partial charge in [-0.2, -0.15) is 0 Å². The number of rotatable bonds is 5. The van der Waals surface area contributed by atoms with Crippen LogP contribution in [0.5, 0.6) is 0 Å². The van der Waals surface area contributed by atoms with Crippen LogP contribution in [0.3, 0.4) is 0 Å². The van der Waals surface area contributed by atoms with E-state index in [1.807, 2.05) is 0 Å². The molecule has 90 valence electrons. The molecule has 1 aromatic rings. The maximum Gasteiger partial charge on any atom is 0.222 e. The number of aromatic nitrogens is 2. The minimum atomic E-state index is 0.358. The molecule has 0 aliphatic heterocycles. The van der Waals surface area contributed by atoms with Crippen molar-refractivity contribution in [3.05, 3.63) is 16.9 Å². The molecule has 0 bridgehead atoms. The quantitative estimate of drug-likeness (QED) is 0.901. The highest BCUT2D eigenvalue weighted by Gasteiger charge is 2.14. The van der Waals surface area contributed by atoms with Crippen LogP contribution in [0.4, 0.5) is 5.95 Å². The third-order valence-corrected chi connectivity index (χ3v) is 2.71. The van der Waals surface area contributed by atoms with E-state index in [1.165, 1.54) is 0 Å². The minimum absolute atomic E-state index is 0.358. The Morgan fingerprint density at radius 2 is 1.88 bits per heavy atom. The van der Waals surface area contributed by atoms with E-state index in [0.29, 0.717) is 17.9 Å². The molecule has 1 N–H and O–H groups in total. The lowest BCUT2D eigenvalue weighted by molar-refractivity contribution is 0.343. The second-order valence-corrected chi connectivity index (χ2v) is 5.40. The molecule has 16 heavy (non-hydrogen) atoms. The first-order chi connectivity index (χ1) is 7.49. The smallest absolute Gasteiger partial charge is 0.222 e. The molecular weight excluding hydrogens is 268 g/mol. The summed E-state index contributed by atoms with van der Waals surface area (Å²) < 4.78 is 0.895. The molecule has 0 aliphatic carbocycles. The fourth-order valence-corrected chi connectivity index (χ4v) is 1.57. The van der Waals surface area contributed by atoms with E-state index in [4.69, 9.17) is 0 Å². The lowest BCUT2D eigenvalue weighted by atomic mass is 10.0. The first kappa shape index (κ1) is 13.4. The van der Waals surface area contributed by atoms with Crippen molar-refractivity contribution >= 4 is 21.9 Å². The van der Waals surface area contributed by atoms with Gasteiger partial charge in [-0.1, -0.05) is 13.8 Å². The zero-order valence-corrected chi connectivity index (χ0v) is 11.8. The Morgan fingerprint density at radius 1 is 1.31 bits per heavy atom. The second kappa shape index (κ2) is 6.15. The standard InChI is InChI=1S/C11H19BrN4/c1-8(2)10(7-16(3)4)15-11-13-5-9(12)6-14-11/h5-6,8,10H,7H2,1-4H3,(H,13,14,15). The number of hydrogen-bond donors (Lipinski definition) is 1. The molecule has 0 radical (unpaired) electrons. The third-order valence-electron chi connectivity index (χ3n) is 2.30. The molecule has 1 unspecified atom stereocenters. The molecule has 0 aliphatic rings. The van der Waals surface area contributed by atoms with Gasteiger partial charge in [0.25, 0.3) is 0 Å². The Balaban J connectivity index is 2.64. The van der Waals surface area contributed by atoms with Crippen molar-refractivity contribution in [1.82, 2.24) is 14.9 Å². The van der Waals surface area contributed by atoms with Crippen molar-refractivity contribution in [1.29, 1.82) is 0 Å². The summed E-state index contributed by atoms with van der Waals surface area (Å²) in [6.07, 6.45) is 3.50. The average molecular weight is 287 g/mol. The van der Waals surface area contributed by atoms with Gasteiger partial charge in [-0.05, 0) is 35.9 Å². The number of halogens is 1. The lowest BCUT2D eigenvalue weighted by Crippen LogP contribution is -2.36. The first-order valence-corrected chi connectivity index (χ1v) is 6.17. The molecule has 1 heterocycles. The van der Waals surface area contributed by atoms with Crippen LogP contribution in [0.15, 0.2) is 16.9 Å². The summed E-state index contributed by atoms with van der Waals surface area (Å²) in [5.41, 5.74) is 0. The van der Waals surface area contributed by atoms with E-state index in [2.05, 4.69) is 64.1 Å². The SMILES string of the molecule is CC(C)C(CN(C)C)Nc1ncc(Br)cn1. The summed E-state index contributed by atoms with van der Waals surface area (Å²) in [4.78, 5) is 10.6. The van der Waals surface area contributed by atoms with Gasteiger partial charge in [0.1, 0.15) is 0 Å². The van der Waals surface area contributed by atoms with Gasteiger partial charge in [0.2, 0.25) is 5.95 Å². The lowest BCUT2D eigenvalue weighted by Gasteiger charge is -2.25. The van der Waals surface area contributed by atoms with Gasteiger partial charge >= 0.3 is 0 Å². The van der Waals surface area contributed by atoms with Crippen molar-refractivity contribution < 1.29 is 0 Å². The molecule has 0 saturated heterocycles. The van der Waals surface area contributed by atoms with Crippen molar-refractivity contribution in [2.45, 2.75) is 19.9 Å². The molecule has 1 rings (SSSR count). The van der Waals surface area contributed by atoms with E-state index >= 15 is 0 Å². The Bertz CT molecular complexity index is 310. The number of likely N-dealkylation sites (N-methyl/N-ethyl adjacent to an activating group) is 1. The van der Waals surface area contributed by atoms with Crippen LogP contribution < -0.4 is 5.32 Å². The number of hydrogen-bond acceptors (Lipinski definition) is 4. The van der Waals surface area contributed by atoms with Crippen molar-refractivity contribution in [2.75, 3.05) is 26.0 Å². The highest BCUT2D eigenvalue weighted by molar-refractivity contribution is 9.10. The summed E-state index contributed by atoms with van der Waals surface area (Å²) in [5, 5.41) is 3.35. The van der Waals surface area contributed by atoms with Crippen LogP contribution in [-0.2, 0) is 0 Å². The Kier molecular flexibility index (Phi) is 5.15. The van der Waals surface area contributed by atoms with E-state index in [9.17, 15) is 0 Å². The Morgan fingerprint density at radius 3 is 2.31 bits per heavy atom. The molecule has 0 fully saturated rings. The third kappa shape index (κ3) is 4.45. The fraction of sp³-hybridized carbons (Fsp3) is 0.636. The van der Waals surface area contributed by atoms with Crippen molar-refractivity contribution in [3.8, 4) is 0 Å². The molecule has 4 nitrogen and oxygen atoms in total. The Hall–Kier alpha value is -0.680. The molecule has 0 spiro atoms. The maximum atomic E-state index is 4.22. The highest BCUT2D eigenvalue weighted by Crippen LogP contribution is 2.11. The zero-order valence-electron chi connectivity index (χ0n) is 10.2. The molecule has 0 amide bonds. The molecule has 0 saturated carbocycles. The van der Waals surface area contributed by atoms with E-state index in [0.717, 1.165) is 11.0 Å². The summed E-state index contributed by atoms with van der Waals surface area (Å²) in [6.45, 7) is 5.36. The topological polar surface area (TPSA) is 41.0 Å². The van der Waals surface area contributed by atoms with E-state index in [1.54, 1.807) is 12.4 Å². The summed E-state index contributed by atoms with van der Waals surface area (Å²) in [5.74, 6) is 1.22. The van der Waals surface area contributed by atoms with Gasteiger partial charge in [0.15, 0.2) is 0 Å². The normalized spacial score (nSPS) is 13.2. The van der Waals surface area contributed by atoms with Gasteiger partial charge in [-0.25, -0.2) is 9.97 Å². The van der Waals surface area contributed by atoms with Gasteiger partial charge in [-0.15, -0.1) is 0 Å². The van der Waals surface area contributed by atoms with Crippen LogP contribution >= 0.6 is 15.9 Å². The summed E-state index contributed by atoms with van der Waals surface area (Å²) >= 11 is 3.32. The number of nitrogens with zero attached hydrogens (tertiary/aromatic N) is 3. The highest BCUT2D eigenvalue weighted by atomic mass is 79.9. The number of nitrogens with one attached hydrogen (secondary N) is 1. The van der Waals surface area contributed by atoms with Gasteiger partial charge in [-0.3, -0.25) is 0 Å². The monoisotopic (exact) mass is 286 g/mol. The molecule has 0 aromatic carbocycles. The van der Waals surface area contributed by atoms with Crippen LogP contribution in [0.25, 0.3) is 0 Å². The van der Waals surface area contributed by atoms with Crippen LogP contribution in [0.2, 0.25) is 0 Å². The van der Waals surface area contributed by atoms with E-state index in [-0.39, 0.29) is 0 Å². The minimum Gasteiger partial charge on any atom is -0.350 e. The fourth-order valence-electron chi connectivity index (χ4n) is 1.37.